The molecule has 20 heavy (non-hydrogen) atoms. The van der Waals surface area contributed by atoms with Crippen LogP contribution in [0.25, 0.3) is 0 Å². The van der Waals surface area contributed by atoms with Gasteiger partial charge in [-0.2, -0.15) is 0 Å². The molecule has 0 radical (unpaired) electrons. The monoisotopic (exact) mass is 357 g/mol. The predicted molar refractivity (Wildman–Crippen MR) is 71.6 cm³/mol. The first-order valence-electron chi connectivity index (χ1n) is 5.70. The van der Waals surface area contributed by atoms with Crippen LogP contribution in [-0.2, 0) is 0 Å². The van der Waals surface area contributed by atoms with Gasteiger partial charge in [0.25, 0.3) is 0 Å². The van der Waals surface area contributed by atoms with E-state index in [1.165, 1.54) is 12.1 Å². The molecule has 0 aliphatic rings. The van der Waals surface area contributed by atoms with Crippen LogP contribution in [-0.4, -0.2) is 36.3 Å². The van der Waals surface area contributed by atoms with Crippen molar-refractivity contribution in [3.63, 3.8) is 0 Å². The summed E-state index contributed by atoms with van der Waals surface area (Å²) >= 11 is 3.07. The summed E-state index contributed by atoms with van der Waals surface area (Å²) in [6, 6.07) is 4.16. The zero-order valence-electron chi connectivity index (χ0n) is 10.7. The zero-order valence-corrected chi connectivity index (χ0v) is 12.3. The van der Waals surface area contributed by atoms with Crippen molar-refractivity contribution in [3.05, 3.63) is 22.7 Å². The van der Waals surface area contributed by atoms with Gasteiger partial charge < -0.3 is 20.3 Å². The first kappa shape index (κ1) is 17.1. The molecule has 3 N–H and O–H groups in total. The highest BCUT2D eigenvalue weighted by atomic mass is 79.9. The third-order valence-corrected chi connectivity index (χ3v) is 3.13. The van der Waals surface area contributed by atoms with Crippen molar-refractivity contribution in [1.82, 2.24) is 0 Å². The van der Waals surface area contributed by atoms with E-state index < -0.39 is 11.8 Å². The molecule has 114 valence electrons. The standard InChI is InChI=1S/C12H15BrF3NO3/c1-11(6-18,7-19)5-17-9-3-2-8(13)4-10(9)20-12(14,15)16/h2-4,17-19H,5-7H2,1H3. The van der Waals surface area contributed by atoms with Crippen LogP contribution in [0.3, 0.4) is 0 Å². The van der Waals surface area contributed by atoms with Crippen LogP contribution in [0.15, 0.2) is 22.7 Å². The first-order valence-corrected chi connectivity index (χ1v) is 6.49. The van der Waals surface area contributed by atoms with E-state index in [-0.39, 0.29) is 31.2 Å². The normalized spacial score (nSPS) is 12.3. The van der Waals surface area contributed by atoms with Gasteiger partial charge in [-0.1, -0.05) is 22.9 Å². The van der Waals surface area contributed by atoms with Gasteiger partial charge in [0.15, 0.2) is 5.75 Å². The summed E-state index contributed by atoms with van der Waals surface area (Å²) in [5.41, 5.74) is -0.721. The van der Waals surface area contributed by atoms with E-state index in [0.717, 1.165) is 0 Å². The Kier molecular flexibility index (Phi) is 5.67. The summed E-state index contributed by atoms with van der Waals surface area (Å²) in [5.74, 6) is -0.384. The number of hydrogen-bond acceptors (Lipinski definition) is 4. The van der Waals surface area contributed by atoms with Crippen molar-refractivity contribution in [2.24, 2.45) is 5.41 Å². The van der Waals surface area contributed by atoms with Crippen molar-refractivity contribution in [3.8, 4) is 5.75 Å². The molecule has 0 spiro atoms. The summed E-state index contributed by atoms with van der Waals surface area (Å²) in [6.45, 7) is 1.09. The number of rotatable bonds is 6. The van der Waals surface area contributed by atoms with Crippen LogP contribution in [0.5, 0.6) is 5.75 Å². The second-order valence-corrected chi connectivity index (χ2v) is 5.58. The maximum absolute atomic E-state index is 12.3. The fraction of sp³-hybridized carbons (Fsp3) is 0.500. The largest absolute Gasteiger partial charge is 0.573 e. The van der Waals surface area contributed by atoms with Crippen molar-refractivity contribution in [2.75, 3.05) is 25.1 Å². The van der Waals surface area contributed by atoms with E-state index in [2.05, 4.69) is 26.0 Å². The van der Waals surface area contributed by atoms with E-state index in [4.69, 9.17) is 10.2 Å². The van der Waals surface area contributed by atoms with Gasteiger partial charge in [0.2, 0.25) is 0 Å². The van der Waals surface area contributed by atoms with Crippen LogP contribution in [0, 0.1) is 5.41 Å². The number of alkyl halides is 3. The van der Waals surface area contributed by atoms with Crippen LogP contribution < -0.4 is 10.1 Å². The van der Waals surface area contributed by atoms with E-state index >= 15 is 0 Å². The lowest BCUT2D eigenvalue weighted by Crippen LogP contribution is -2.34. The van der Waals surface area contributed by atoms with E-state index in [1.807, 2.05) is 0 Å². The maximum atomic E-state index is 12.3. The molecule has 0 aliphatic carbocycles. The van der Waals surface area contributed by atoms with Gasteiger partial charge in [-0.15, -0.1) is 13.2 Å². The SMILES string of the molecule is CC(CO)(CO)CNc1ccc(Br)cc1OC(F)(F)F. The molecule has 1 rings (SSSR count). The van der Waals surface area contributed by atoms with Gasteiger partial charge in [0.05, 0.1) is 18.9 Å². The number of anilines is 1. The minimum Gasteiger partial charge on any atom is -0.404 e. The molecule has 8 heteroatoms. The second kappa shape index (κ2) is 6.64. The topological polar surface area (TPSA) is 61.7 Å². The highest BCUT2D eigenvalue weighted by Crippen LogP contribution is 2.33. The summed E-state index contributed by atoms with van der Waals surface area (Å²) in [4.78, 5) is 0. The van der Waals surface area contributed by atoms with Gasteiger partial charge in [0.1, 0.15) is 0 Å². The molecule has 0 unspecified atom stereocenters. The predicted octanol–water partition coefficient (Wildman–Crippen LogP) is 2.75. The lowest BCUT2D eigenvalue weighted by Gasteiger charge is -2.26. The average Bonchev–Trinajstić information content (AvgIpc) is 2.35. The van der Waals surface area contributed by atoms with Crippen LogP contribution >= 0.6 is 15.9 Å². The van der Waals surface area contributed by atoms with Gasteiger partial charge in [0, 0.05) is 16.4 Å². The second-order valence-electron chi connectivity index (χ2n) is 4.67. The Labute approximate surface area is 122 Å². The molecule has 0 heterocycles. The van der Waals surface area contributed by atoms with Gasteiger partial charge in [-0.05, 0) is 18.2 Å². The maximum Gasteiger partial charge on any atom is 0.573 e. The van der Waals surface area contributed by atoms with Crippen LogP contribution in [0.1, 0.15) is 6.92 Å². The minimum absolute atomic E-state index is 0.0931. The molecule has 0 fully saturated rings. The number of ether oxygens (including phenoxy) is 1. The van der Waals surface area contributed by atoms with Crippen molar-refractivity contribution in [1.29, 1.82) is 0 Å². The molecule has 0 saturated heterocycles. The number of halogens is 4. The molecule has 0 aromatic heterocycles. The van der Waals surface area contributed by atoms with Crippen molar-refractivity contribution >= 4 is 21.6 Å². The summed E-state index contributed by atoms with van der Waals surface area (Å²) < 4.78 is 41.3. The molecule has 0 amide bonds. The van der Waals surface area contributed by atoms with E-state index in [0.29, 0.717) is 4.47 Å². The smallest absolute Gasteiger partial charge is 0.404 e. The number of nitrogens with one attached hydrogen (secondary N) is 1. The Balaban J connectivity index is 2.89. The summed E-state index contributed by atoms with van der Waals surface area (Å²) in [6.07, 6.45) is -4.80. The Morgan fingerprint density at radius 1 is 1.25 bits per heavy atom. The van der Waals surface area contributed by atoms with E-state index in [9.17, 15) is 13.2 Å². The highest BCUT2D eigenvalue weighted by molar-refractivity contribution is 9.10. The Morgan fingerprint density at radius 3 is 2.35 bits per heavy atom. The van der Waals surface area contributed by atoms with Crippen molar-refractivity contribution < 1.29 is 28.1 Å². The fourth-order valence-electron chi connectivity index (χ4n) is 1.32. The van der Waals surface area contributed by atoms with Crippen LogP contribution in [0.4, 0.5) is 18.9 Å². The molecule has 0 bridgehead atoms. The lowest BCUT2D eigenvalue weighted by atomic mass is 9.93. The fourth-order valence-corrected chi connectivity index (χ4v) is 1.66. The average molecular weight is 358 g/mol. The molecule has 0 aliphatic heterocycles. The molecule has 1 aromatic carbocycles. The molecular formula is C12H15BrF3NO3. The lowest BCUT2D eigenvalue weighted by molar-refractivity contribution is -0.274. The molecule has 0 saturated carbocycles. The Bertz CT molecular complexity index is 450. The molecule has 4 nitrogen and oxygen atoms in total. The van der Waals surface area contributed by atoms with Crippen LogP contribution in [0.2, 0.25) is 0 Å². The van der Waals surface area contributed by atoms with Gasteiger partial charge in [-0.3, -0.25) is 0 Å². The van der Waals surface area contributed by atoms with E-state index in [1.54, 1.807) is 13.0 Å². The molecule has 0 atom stereocenters. The number of hydrogen-bond donors (Lipinski definition) is 3. The van der Waals surface area contributed by atoms with Gasteiger partial charge in [-0.25, -0.2) is 0 Å². The highest BCUT2D eigenvalue weighted by Gasteiger charge is 2.32. The quantitative estimate of drug-likeness (QED) is 0.732. The molecular weight excluding hydrogens is 343 g/mol. The third kappa shape index (κ3) is 5.18. The third-order valence-electron chi connectivity index (χ3n) is 2.64. The van der Waals surface area contributed by atoms with Crippen molar-refractivity contribution in [2.45, 2.75) is 13.3 Å². The summed E-state index contributed by atoms with van der Waals surface area (Å²) in [5, 5.41) is 21.0. The first-order chi connectivity index (χ1) is 9.19. The molecule has 1 aromatic rings. The number of benzene rings is 1. The number of aliphatic hydroxyl groups is 2. The Morgan fingerprint density at radius 2 is 1.85 bits per heavy atom. The van der Waals surface area contributed by atoms with Gasteiger partial charge >= 0.3 is 6.36 Å². The number of aliphatic hydroxyl groups excluding tert-OH is 2. The summed E-state index contributed by atoms with van der Waals surface area (Å²) in [7, 11) is 0. The zero-order chi connectivity index (χ0) is 15.4. The minimum atomic E-state index is -4.80. The Hall–Kier alpha value is -0.990.